The molecule has 9 heteroatoms. The number of halogens is 1. The van der Waals surface area contributed by atoms with Gasteiger partial charge in [-0.25, -0.2) is 4.98 Å². The number of rotatable bonds is 6. The van der Waals surface area contributed by atoms with Crippen LogP contribution in [0.1, 0.15) is 34.9 Å². The summed E-state index contributed by atoms with van der Waals surface area (Å²) in [5.41, 5.74) is 0. The van der Waals surface area contributed by atoms with Gasteiger partial charge in [0.25, 0.3) is 0 Å². The second-order valence-electron chi connectivity index (χ2n) is 5.46. The van der Waals surface area contributed by atoms with Crippen molar-refractivity contribution in [1.29, 1.82) is 0 Å². The van der Waals surface area contributed by atoms with Gasteiger partial charge >= 0.3 is 0 Å². The molecule has 0 bridgehead atoms. The van der Waals surface area contributed by atoms with E-state index in [0.29, 0.717) is 6.54 Å². The molecule has 132 valence electrons. The molecule has 2 N–H and O–H groups in total. The predicted octanol–water partition coefficient (Wildman–Crippen LogP) is 1.77. The Bertz CT molecular complexity index is 679. The average Bonchev–Trinajstić information content (AvgIpc) is 3.27. The molecule has 0 atom stereocenters. The van der Waals surface area contributed by atoms with Crippen LogP contribution in [0.2, 0.25) is 0 Å². The monoisotopic (exact) mass is 461 g/mol. The Balaban J connectivity index is 0.00000208. The maximum absolute atomic E-state index is 4.43. The Kier molecular flexibility index (Phi) is 7.40. The number of nitrogens with one attached hydrogen (secondary N) is 2. The summed E-state index contributed by atoms with van der Waals surface area (Å²) in [6.07, 6.45) is 6.13. The Morgan fingerprint density at radius 1 is 1.38 bits per heavy atom. The van der Waals surface area contributed by atoms with Crippen LogP contribution in [0.4, 0.5) is 0 Å². The number of aromatic nitrogens is 4. The molecule has 0 amide bonds. The van der Waals surface area contributed by atoms with Crippen LogP contribution in [0.25, 0.3) is 0 Å². The highest BCUT2D eigenvalue weighted by molar-refractivity contribution is 14.0. The van der Waals surface area contributed by atoms with Gasteiger partial charge in [0.1, 0.15) is 5.82 Å². The molecular formula is C15H24IN7S. The summed E-state index contributed by atoms with van der Waals surface area (Å²) in [6, 6.07) is 0. The van der Waals surface area contributed by atoms with Crippen molar-refractivity contribution in [3.63, 3.8) is 0 Å². The lowest BCUT2D eigenvalue weighted by molar-refractivity contribution is 0.662. The van der Waals surface area contributed by atoms with Gasteiger partial charge in [0.05, 0.1) is 11.6 Å². The van der Waals surface area contributed by atoms with Gasteiger partial charge in [0, 0.05) is 44.1 Å². The minimum Gasteiger partial charge on any atom is -0.356 e. The van der Waals surface area contributed by atoms with E-state index in [0.717, 1.165) is 50.0 Å². The SMILES string of the molecule is CCc1cnc(CCNC(=NC)NCc2nnc3n2CCC3)s1.I. The topological polar surface area (TPSA) is 80.0 Å². The molecule has 0 spiro atoms. The maximum Gasteiger partial charge on any atom is 0.191 e. The third-order valence-electron chi connectivity index (χ3n) is 3.90. The van der Waals surface area contributed by atoms with Crippen LogP contribution < -0.4 is 10.6 Å². The average molecular weight is 461 g/mol. The van der Waals surface area contributed by atoms with Crippen molar-refractivity contribution in [1.82, 2.24) is 30.4 Å². The summed E-state index contributed by atoms with van der Waals surface area (Å²) >= 11 is 1.78. The predicted molar refractivity (Wildman–Crippen MR) is 107 cm³/mol. The highest BCUT2D eigenvalue weighted by Crippen LogP contribution is 2.14. The molecule has 0 unspecified atom stereocenters. The number of guanidine groups is 1. The molecule has 3 rings (SSSR count). The molecule has 7 nitrogen and oxygen atoms in total. The zero-order valence-electron chi connectivity index (χ0n) is 14.1. The normalized spacial score (nSPS) is 13.5. The Morgan fingerprint density at radius 2 is 2.25 bits per heavy atom. The van der Waals surface area contributed by atoms with E-state index in [1.165, 1.54) is 16.3 Å². The van der Waals surface area contributed by atoms with Gasteiger partial charge in [-0.1, -0.05) is 6.92 Å². The molecule has 0 saturated heterocycles. The first-order valence-corrected chi connectivity index (χ1v) is 8.91. The van der Waals surface area contributed by atoms with E-state index < -0.39 is 0 Å². The van der Waals surface area contributed by atoms with Crippen LogP contribution in [0, 0.1) is 0 Å². The number of nitrogens with zero attached hydrogens (tertiary/aromatic N) is 5. The number of hydrogen-bond donors (Lipinski definition) is 2. The number of hydrogen-bond acceptors (Lipinski definition) is 5. The molecule has 24 heavy (non-hydrogen) atoms. The summed E-state index contributed by atoms with van der Waals surface area (Å²) in [5.74, 6) is 2.86. The lowest BCUT2D eigenvalue weighted by atomic mass is 10.4. The van der Waals surface area contributed by atoms with Crippen LogP contribution in [0.15, 0.2) is 11.2 Å². The van der Waals surface area contributed by atoms with Crippen LogP contribution in [-0.4, -0.2) is 39.3 Å². The van der Waals surface area contributed by atoms with Gasteiger partial charge in [-0.15, -0.1) is 45.5 Å². The number of fused-ring (bicyclic) bond motifs is 1. The molecule has 2 aromatic rings. The highest BCUT2D eigenvalue weighted by Gasteiger charge is 2.17. The number of aliphatic imine (C=N–C) groups is 1. The molecule has 0 saturated carbocycles. The van der Waals surface area contributed by atoms with Crippen molar-refractivity contribution < 1.29 is 0 Å². The van der Waals surface area contributed by atoms with Crippen LogP contribution in [0.3, 0.4) is 0 Å². The second kappa shape index (κ2) is 9.30. The van der Waals surface area contributed by atoms with Crippen LogP contribution >= 0.6 is 35.3 Å². The fraction of sp³-hybridized carbons (Fsp3) is 0.600. The first kappa shape index (κ1) is 19.1. The van der Waals surface area contributed by atoms with E-state index in [-0.39, 0.29) is 24.0 Å². The van der Waals surface area contributed by atoms with Crippen LogP contribution in [-0.2, 0) is 32.4 Å². The Morgan fingerprint density at radius 3 is 3.00 bits per heavy atom. The minimum absolute atomic E-state index is 0. The maximum atomic E-state index is 4.43. The van der Waals surface area contributed by atoms with Crippen molar-refractivity contribution in [2.75, 3.05) is 13.6 Å². The van der Waals surface area contributed by atoms with E-state index in [4.69, 9.17) is 0 Å². The van der Waals surface area contributed by atoms with Crippen molar-refractivity contribution in [2.24, 2.45) is 4.99 Å². The standard InChI is InChI=1S/C15H23N7S.HI/c1-3-11-9-18-14(23-11)6-7-17-15(16-2)19-10-13-21-20-12-5-4-8-22(12)13;/h9H,3-8,10H2,1-2H3,(H2,16,17,19);1H. The smallest absolute Gasteiger partial charge is 0.191 e. The fourth-order valence-electron chi connectivity index (χ4n) is 2.64. The third kappa shape index (κ3) is 4.65. The van der Waals surface area contributed by atoms with E-state index in [9.17, 15) is 0 Å². The molecule has 1 aliphatic heterocycles. The summed E-state index contributed by atoms with van der Waals surface area (Å²) in [4.78, 5) is 10.0. The van der Waals surface area contributed by atoms with Gasteiger partial charge in [-0.3, -0.25) is 4.99 Å². The van der Waals surface area contributed by atoms with Gasteiger partial charge < -0.3 is 15.2 Å². The second-order valence-corrected chi connectivity index (χ2v) is 6.66. The van der Waals surface area contributed by atoms with E-state index in [1.807, 2.05) is 6.20 Å². The lowest BCUT2D eigenvalue weighted by Gasteiger charge is -2.11. The van der Waals surface area contributed by atoms with Gasteiger partial charge in [0.15, 0.2) is 11.8 Å². The zero-order chi connectivity index (χ0) is 16.1. The van der Waals surface area contributed by atoms with E-state index >= 15 is 0 Å². The van der Waals surface area contributed by atoms with Gasteiger partial charge in [0.2, 0.25) is 0 Å². The van der Waals surface area contributed by atoms with Crippen molar-refractivity contribution in [2.45, 2.75) is 45.7 Å². The zero-order valence-corrected chi connectivity index (χ0v) is 17.2. The molecule has 0 fully saturated rings. The van der Waals surface area contributed by atoms with E-state index in [2.05, 4.69) is 42.3 Å². The minimum atomic E-state index is 0. The third-order valence-corrected chi connectivity index (χ3v) is 5.11. The molecular weight excluding hydrogens is 437 g/mol. The number of thiazole rings is 1. The Hall–Kier alpha value is -1.23. The molecule has 1 aliphatic rings. The lowest BCUT2D eigenvalue weighted by Crippen LogP contribution is -2.38. The first-order chi connectivity index (χ1) is 11.3. The summed E-state index contributed by atoms with van der Waals surface area (Å²) in [7, 11) is 1.78. The molecule has 0 aromatic carbocycles. The van der Waals surface area contributed by atoms with Crippen molar-refractivity contribution in [3.05, 3.63) is 27.7 Å². The van der Waals surface area contributed by atoms with Crippen LogP contribution in [0.5, 0.6) is 0 Å². The molecule has 3 heterocycles. The fourth-order valence-corrected chi connectivity index (χ4v) is 3.50. The highest BCUT2D eigenvalue weighted by atomic mass is 127. The summed E-state index contributed by atoms with van der Waals surface area (Å²) < 4.78 is 2.20. The molecule has 2 aromatic heterocycles. The summed E-state index contributed by atoms with van der Waals surface area (Å²) in [5, 5.41) is 16.3. The largest absolute Gasteiger partial charge is 0.356 e. The first-order valence-electron chi connectivity index (χ1n) is 8.09. The quantitative estimate of drug-likeness (QED) is 0.390. The van der Waals surface area contributed by atoms with Gasteiger partial charge in [-0.2, -0.15) is 0 Å². The van der Waals surface area contributed by atoms with Crippen molar-refractivity contribution in [3.8, 4) is 0 Å². The number of aryl methyl sites for hydroxylation is 2. The van der Waals surface area contributed by atoms with Crippen molar-refractivity contribution >= 4 is 41.3 Å². The van der Waals surface area contributed by atoms with E-state index in [1.54, 1.807) is 18.4 Å². The molecule has 0 radical (unpaired) electrons. The Labute approximate surface area is 163 Å². The van der Waals surface area contributed by atoms with Gasteiger partial charge in [-0.05, 0) is 12.8 Å². The molecule has 0 aliphatic carbocycles. The summed E-state index contributed by atoms with van der Waals surface area (Å²) in [6.45, 7) is 4.63.